The molecule has 2 N–H and O–H groups in total. The minimum absolute atomic E-state index is 0.250. The Bertz CT molecular complexity index is 963. The zero-order chi connectivity index (χ0) is 18.6. The molecule has 2 aromatic heterocycles. The molecule has 1 aliphatic rings. The number of anilines is 3. The number of nitrogens with zero attached hydrogens (tertiary/aromatic N) is 2. The summed E-state index contributed by atoms with van der Waals surface area (Å²) < 4.78 is 0. The SMILES string of the molecule is C=CC(=O)Nc1ccc(Nc2ccc(C3CC3)cn2)c(-c2ccccn2)c1. The van der Waals surface area contributed by atoms with Gasteiger partial charge >= 0.3 is 0 Å². The lowest BCUT2D eigenvalue weighted by atomic mass is 10.1. The van der Waals surface area contributed by atoms with E-state index in [1.54, 1.807) is 6.20 Å². The number of hydrogen-bond donors (Lipinski definition) is 2. The molecule has 1 fully saturated rings. The van der Waals surface area contributed by atoms with Crippen molar-refractivity contribution < 1.29 is 4.79 Å². The number of carbonyl (C=O) groups is 1. The lowest BCUT2D eigenvalue weighted by Gasteiger charge is -2.14. The standard InChI is InChI=1S/C22H20N4O/c1-2-22(27)25-17-9-10-20(18(13-17)19-5-3-4-12-23-19)26-21-11-8-16(14-24-21)15-6-7-15/h2-5,8-15H,1,6-7H2,(H,24,26)(H,25,27). The molecule has 27 heavy (non-hydrogen) atoms. The van der Waals surface area contributed by atoms with E-state index in [1.807, 2.05) is 48.7 Å². The summed E-state index contributed by atoms with van der Waals surface area (Å²) in [6, 6.07) is 15.5. The van der Waals surface area contributed by atoms with Gasteiger partial charge in [-0.15, -0.1) is 0 Å². The van der Waals surface area contributed by atoms with Crippen molar-refractivity contribution in [3.63, 3.8) is 0 Å². The molecule has 0 atom stereocenters. The molecule has 0 unspecified atom stereocenters. The highest BCUT2D eigenvalue weighted by atomic mass is 16.1. The van der Waals surface area contributed by atoms with Gasteiger partial charge < -0.3 is 10.6 Å². The molecule has 5 heteroatoms. The fourth-order valence-corrected chi connectivity index (χ4v) is 2.93. The van der Waals surface area contributed by atoms with Crippen LogP contribution in [-0.2, 0) is 4.79 Å². The van der Waals surface area contributed by atoms with Crippen molar-refractivity contribution in [3.8, 4) is 11.3 Å². The minimum Gasteiger partial charge on any atom is -0.340 e. The summed E-state index contributed by atoms with van der Waals surface area (Å²) in [5.41, 5.74) is 4.54. The lowest BCUT2D eigenvalue weighted by molar-refractivity contribution is -0.111. The first-order valence-corrected chi connectivity index (χ1v) is 8.95. The second-order valence-corrected chi connectivity index (χ2v) is 6.54. The van der Waals surface area contributed by atoms with Crippen LogP contribution in [0.5, 0.6) is 0 Å². The van der Waals surface area contributed by atoms with Gasteiger partial charge in [-0.25, -0.2) is 4.98 Å². The summed E-state index contributed by atoms with van der Waals surface area (Å²) in [6.07, 6.45) is 7.46. The molecular weight excluding hydrogens is 336 g/mol. The van der Waals surface area contributed by atoms with Crippen LogP contribution in [0.2, 0.25) is 0 Å². The maximum atomic E-state index is 11.6. The first-order valence-electron chi connectivity index (χ1n) is 8.95. The topological polar surface area (TPSA) is 66.9 Å². The van der Waals surface area contributed by atoms with E-state index in [-0.39, 0.29) is 5.91 Å². The minimum atomic E-state index is -0.250. The van der Waals surface area contributed by atoms with Gasteiger partial charge in [-0.05, 0) is 66.8 Å². The van der Waals surface area contributed by atoms with Crippen molar-refractivity contribution in [2.45, 2.75) is 18.8 Å². The molecule has 5 nitrogen and oxygen atoms in total. The summed E-state index contributed by atoms with van der Waals surface area (Å²) in [7, 11) is 0. The number of amides is 1. The Morgan fingerprint density at radius 2 is 2.00 bits per heavy atom. The van der Waals surface area contributed by atoms with E-state index in [4.69, 9.17) is 0 Å². The number of nitrogens with one attached hydrogen (secondary N) is 2. The van der Waals surface area contributed by atoms with Crippen LogP contribution in [0.3, 0.4) is 0 Å². The van der Waals surface area contributed by atoms with Crippen molar-refractivity contribution in [3.05, 3.63) is 79.1 Å². The van der Waals surface area contributed by atoms with E-state index in [0.717, 1.165) is 22.8 Å². The largest absolute Gasteiger partial charge is 0.340 e. The second-order valence-electron chi connectivity index (χ2n) is 6.54. The van der Waals surface area contributed by atoms with Gasteiger partial charge in [-0.3, -0.25) is 9.78 Å². The van der Waals surface area contributed by atoms with E-state index < -0.39 is 0 Å². The number of aromatic nitrogens is 2. The fraction of sp³-hybridized carbons (Fsp3) is 0.136. The van der Waals surface area contributed by atoms with E-state index in [0.29, 0.717) is 11.6 Å². The monoisotopic (exact) mass is 356 g/mol. The Kier molecular flexibility index (Phi) is 4.66. The molecule has 0 radical (unpaired) electrons. The van der Waals surface area contributed by atoms with E-state index in [1.165, 1.54) is 24.5 Å². The van der Waals surface area contributed by atoms with Gasteiger partial charge in [0.1, 0.15) is 5.82 Å². The van der Waals surface area contributed by atoms with E-state index in [9.17, 15) is 4.79 Å². The molecule has 1 aromatic carbocycles. The molecule has 1 amide bonds. The number of carbonyl (C=O) groups excluding carboxylic acids is 1. The molecule has 0 spiro atoms. The Morgan fingerprint density at radius 3 is 2.67 bits per heavy atom. The summed E-state index contributed by atoms with van der Waals surface area (Å²) in [5.74, 6) is 1.21. The van der Waals surface area contributed by atoms with Crippen LogP contribution in [0.1, 0.15) is 24.3 Å². The van der Waals surface area contributed by atoms with Gasteiger partial charge in [0.15, 0.2) is 0 Å². The maximum absolute atomic E-state index is 11.6. The first-order chi connectivity index (χ1) is 13.2. The van der Waals surface area contributed by atoms with Crippen LogP contribution in [-0.4, -0.2) is 15.9 Å². The molecule has 1 aliphatic carbocycles. The summed E-state index contributed by atoms with van der Waals surface area (Å²) in [5, 5.41) is 6.16. The molecule has 3 aromatic rings. The quantitative estimate of drug-likeness (QED) is 0.617. The zero-order valence-electron chi connectivity index (χ0n) is 14.9. The highest BCUT2D eigenvalue weighted by Crippen LogP contribution is 2.40. The number of rotatable bonds is 6. The van der Waals surface area contributed by atoms with E-state index >= 15 is 0 Å². The zero-order valence-corrected chi connectivity index (χ0v) is 14.9. The third-order valence-electron chi connectivity index (χ3n) is 4.51. The van der Waals surface area contributed by atoms with Crippen molar-refractivity contribution in [1.29, 1.82) is 0 Å². The Balaban J connectivity index is 1.65. The smallest absolute Gasteiger partial charge is 0.247 e. The van der Waals surface area contributed by atoms with Gasteiger partial charge in [0.2, 0.25) is 5.91 Å². The fourth-order valence-electron chi connectivity index (χ4n) is 2.93. The second kappa shape index (κ2) is 7.41. The Labute approximate surface area is 158 Å². The first kappa shape index (κ1) is 17.0. The maximum Gasteiger partial charge on any atom is 0.247 e. The Morgan fingerprint density at radius 1 is 1.11 bits per heavy atom. The highest BCUT2D eigenvalue weighted by molar-refractivity contribution is 5.99. The van der Waals surface area contributed by atoms with E-state index in [2.05, 4.69) is 33.2 Å². The normalized spacial score (nSPS) is 13.0. The van der Waals surface area contributed by atoms with Gasteiger partial charge in [-0.1, -0.05) is 18.7 Å². The molecule has 134 valence electrons. The van der Waals surface area contributed by atoms with Crippen LogP contribution in [0, 0.1) is 0 Å². The average molecular weight is 356 g/mol. The summed E-state index contributed by atoms with van der Waals surface area (Å²) in [6.45, 7) is 3.49. The van der Waals surface area contributed by atoms with Crippen molar-refractivity contribution in [2.75, 3.05) is 10.6 Å². The molecule has 0 aliphatic heterocycles. The summed E-state index contributed by atoms with van der Waals surface area (Å²) >= 11 is 0. The number of benzene rings is 1. The van der Waals surface area contributed by atoms with Gasteiger partial charge in [0.25, 0.3) is 0 Å². The van der Waals surface area contributed by atoms with Crippen molar-refractivity contribution in [2.24, 2.45) is 0 Å². The predicted octanol–water partition coefficient (Wildman–Crippen LogP) is 4.89. The average Bonchev–Trinajstić information content (AvgIpc) is 3.55. The van der Waals surface area contributed by atoms with Crippen LogP contribution >= 0.6 is 0 Å². The molecule has 4 rings (SSSR count). The van der Waals surface area contributed by atoms with Crippen LogP contribution in [0.15, 0.2) is 73.6 Å². The van der Waals surface area contributed by atoms with Crippen LogP contribution < -0.4 is 10.6 Å². The third-order valence-corrected chi connectivity index (χ3v) is 4.51. The lowest BCUT2D eigenvalue weighted by Crippen LogP contribution is -2.07. The highest BCUT2D eigenvalue weighted by Gasteiger charge is 2.23. The molecule has 0 bridgehead atoms. The molecule has 1 saturated carbocycles. The van der Waals surface area contributed by atoms with Crippen LogP contribution in [0.4, 0.5) is 17.2 Å². The van der Waals surface area contributed by atoms with Crippen molar-refractivity contribution >= 4 is 23.1 Å². The number of pyridine rings is 2. The van der Waals surface area contributed by atoms with Crippen molar-refractivity contribution in [1.82, 2.24) is 9.97 Å². The predicted molar refractivity (Wildman–Crippen MR) is 108 cm³/mol. The van der Waals surface area contributed by atoms with Gasteiger partial charge in [-0.2, -0.15) is 0 Å². The van der Waals surface area contributed by atoms with Gasteiger partial charge in [0, 0.05) is 29.3 Å². The molecule has 0 saturated heterocycles. The van der Waals surface area contributed by atoms with Crippen LogP contribution in [0.25, 0.3) is 11.3 Å². The molecule has 2 heterocycles. The summed E-state index contributed by atoms with van der Waals surface area (Å²) in [4.78, 5) is 20.6. The third kappa shape index (κ3) is 4.03. The van der Waals surface area contributed by atoms with Gasteiger partial charge in [0.05, 0.1) is 5.69 Å². The molecular formula is C22H20N4O. The Hall–Kier alpha value is -3.47. The number of hydrogen-bond acceptors (Lipinski definition) is 4.